The summed E-state index contributed by atoms with van der Waals surface area (Å²) in [5.74, 6) is 0.700. The second kappa shape index (κ2) is 4.86. The van der Waals surface area contributed by atoms with Crippen molar-refractivity contribution in [2.24, 2.45) is 0 Å². The molecule has 1 heterocycles. The first kappa shape index (κ1) is 11.4. The second-order valence-electron chi connectivity index (χ2n) is 3.42. The van der Waals surface area contributed by atoms with E-state index >= 15 is 0 Å². The highest BCUT2D eigenvalue weighted by molar-refractivity contribution is 6.31. The van der Waals surface area contributed by atoms with Crippen LogP contribution in [0.15, 0.2) is 36.7 Å². The fourth-order valence-corrected chi connectivity index (χ4v) is 1.82. The monoisotopic (exact) mass is 244 g/mol. The zero-order chi connectivity index (χ0) is 12.3. The predicted molar refractivity (Wildman–Crippen MR) is 66.0 cm³/mol. The van der Waals surface area contributed by atoms with Gasteiger partial charge in [-0.2, -0.15) is 5.26 Å². The van der Waals surface area contributed by atoms with Crippen LogP contribution in [-0.4, -0.2) is 12.1 Å². The average Bonchev–Trinajstić information content (AvgIpc) is 2.37. The number of halogens is 1. The largest absolute Gasteiger partial charge is 0.496 e. The number of methoxy groups -OCH3 is 1. The smallest absolute Gasteiger partial charge is 0.129 e. The van der Waals surface area contributed by atoms with Crippen LogP contribution < -0.4 is 4.74 Å². The van der Waals surface area contributed by atoms with Crippen molar-refractivity contribution in [3.8, 4) is 22.9 Å². The minimum atomic E-state index is 0.512. The Kier molecular flexibility index (Phi) is 3.27. The highest BCUT2D eigenvalue weighted by Crippen LogP contribution is 2.31. The first-order valence-corrected chi connectivity index (χ1v) is 5.31. The average molecular weight is 245 g/mol. The third-order valence-electron chi connectivity index (χ3n) is 2.34. The standard InChI is InChI=1S/C13H9ClN2O/c1-17-13-2-3-16-8-12(13)10-4-9(7-15)5-11(14)6-10/h2-6,8H,1H3. The molecule has 2 aromatic rings. The fourth-order valence-electron chi connectivity index (χ4n) is 1.59. The van der Waals surface area contributed by atoms with Gasteiger partial charge >= 0.3 is 0 Å². The highest BCUT2D eigenvalue weighted by Gasteiger charge is 2.07. The van der Waals surface area contributed by atoms with Crippen molar-refractivity contribution in [1.82, 2.24) is 4.98 Å². The predicted octanol–water partition coefficient (Wildman–Crippen LogP) is 3.28. The lowest BCUT2D eigenvalue weighted by molar-refractivity contribution is 0.416. The number of ether oxygens (including phenoxy) is 1. The molecule has 0 radical (unpaired) electrons. The van der Waals surface area contributed by atoms with Gasteiger partial charge in [-0.25, -0.2) is 0 Å². The van der Waals surface area contributed by atoms with Gasteiger partial charge in [0.2, 0.25) is 0 Å². The van der Waals surface area contributed by atoms with Crippen LogP contribution in [0.5, 0.6) is 5.75 Å². The van der Waals surface area contributed by atoms with Gasteiger partial charge in [-0.3, -0.25) is 4.98 Å². The summed E-state index contributed by atoms with van der Waals surface area (Å²) < 4.78 is 5.25. The van der Waals surface area contributed by atoms with Gasteiger partial charge in [-0.05, 0) is 29.8 Å². The molecule has 4 heteroatoms. The molecule has 1 aromatic heterocycles. The first-order chi connectivity index (χ1) is 8.24. The van der Waals surface area contributed by atoms with E-state index in [4.69, 9.17) is 21.6 Å². The van der Waals surface area contributed by atoms with Crippen molar-refractivity contribution in [2.45, 2.75) is 0 Å². The quantitative estimate of drug-likeness (QED) is 0.814. The van der Waals surface area contributed by atoms with Crippen molar-refractivity contribution in [3.05, 3.63) is 47.2 Å². The minimum Gasteiger partial charge on any atom is -0.496 e. The van der Waals surface area contributed by atoms with Crippen LogP contribution in [0, 0.1) is 11.3 Å². The Balaban J connectivity index is 2.60. The van der Waals surface area contributed by atoms with Gasteiger partial charge in [-0.15, -0.1) is 0 Å². The molecule has 0 aliphatic carbocycles. The summed E-state index contributed by atoms with van der Waals surface area (Å²) >= 11 is 5.96. The van der Waals surface area contributed by atoms with E-state index in [9.17, 15) is 0 Å². The van der Waals surface area contributed by atoms with Gasteiger partial charge in [0.25, 0.3) is 0 Å². The molecule has 0 bridgehead atoms. The topological polar surface area (TPSA) is 45.9 Å². The summed E-state index contributed by atoms with van der Waals surface area (Å²) in [6.07, 6.45) is 3.34. The van der Waals surface area contributed by atoms with Crippen LogP contribution in [-0.2, 0) is 0 Å². The SMILES string of the molecule is COc1ccncc1-c1cc(Cl)cc(C#N)c1. The Labute approximate surface area is 104 Å². The summed E-state index contributed by atoms with van der Waals surface area (Å²) in [7, 11) is 1.59. The lowest BCUT2D eigenvalue weighted by atomic mass is 10.0. The first-order valence-electron chi connectivity index (χ1n) is 4.93. The van der Waals surface area contributed by atoms with Gasteiger partial charge < -0.3 is 4.74 Å². The van der Waals surface area contributed by atoms with Crippen LogP contribution in [0.4, 0.5) is 0 Å². The molecule has 0 atom stereocenters. The Morgan fingerprint density at radius 3 is 2.88 bits per heavy atom. The molecule has 0 aliphatic rings. The maximum atomic E-state index is 8.90. The highest BCUT2D eigenvalue weighted by atomic mass is 35.5. The Morgan fingerprint density at radius 1 is 1.35 bits per heavy atom. The van der Waals surface area contributed by atoms with Crippen LogP contribution in [0.2, 0.25) is 5.02 Å². The van der Waals surface area contributed by atoms with E-state index in [-0.39, 0.29) is 0 Å². The summed E-state index contributed by atoms with van der Waals surface area (Å²) in [6, 6.07) is 8.99. The molecule has 17 heavy (non-hydrogen) atoms. The van der Waals surface area contributed by atoms with Gasteiger partial charge in [0.1, 0.15) is 5.75 Å². The molecule has 0 aliphatic heterocycles. The van der Waals surface area contributed by atoms with Gasteiger partial charge in [-0.1, -0.05) is 11.6 Å². The molecular weight excluding hydrogens is 236 g/mol. The molecule has 1 aromatic carbocycles. The van der Waals surface area contributed by atoms with Gasteiger partial charge in [0.15, 0.2) is 0 Å². The molecule has 2 rings (SSSR count). The van der Waals surface area contributed by atoms with Crippen molar-refractivity contribution in [2.75, 3.05) is 7.11 Å². The normalized spacial score (nSPS) is 9.71. The molecule has 0 fully saturated rings. The fraction of sp³-hybridized carbons (Fsp3) is 0.0769. The molecular formula is C13H9ClN2O. The molecule has 0 spiro atoms. The third-order valence-corrected chi connectivity index (χ3v) is 2.56. The van der Waals surface area contributed by atoms with Gasteiger partial charge in [0.05, 0.1) is 18.7 Å². The van der Waals surface area contributed by atoms with E-state index in [2.05, 4.69) is 11.1 Å². The number of rotatable bonds is 2. The number of hydrogen-bond acceptors (Lipinski definition) is 3. The van der Waals surface area contributed by atoms with E-state index in [1.807, 2.05) is 0 Å². The molecule has 84 valence electrons. The maximum Gasteiger partial charge on any atom is 0.129 e. The van der Waals surface area contributed by atoms with Crippen molar-refractivity contribution < 1.29 is 4.74 Å². The minimum absolute atomic E-state index is 0.512. The van der Waals surface area contributed by atoms with E-state index in [0.29, 0.717) is 16.3 Å². The van der Waals surface area contributed by atoms with Crippen molar-refractivity contribution >= 4 is 11.6 Å². The van der Waals surface area contributed by atoms with Gasteiger partial charge in [0, 0.05) is 23.0 Å². The molecule has 0 N–H and O–H groups in total. The molecule has 0 saturated carbocycles. The third kappa shape index (κ3) is 2.38. The summed E-state index contributed by atoms with van der Waals surface area (Å²) in [6.45, 7) is 0. The zero-order valence-corrected chi connectivity index (χ0v) is 9.90. The van der Waals surface area contributed by atoms with Crippen LogP contribution in [0.3, 0.4) is 0 Å². The molecule has 0 amide bonds. The second-order valence-corrected chi connectivity index (χ2v) is 3.85. The van der Waals surface area contributed by atoms with Crippen LogP contribution in [0.25, 0.3) is 11.1 Å². The summed E-state index contributed by atoms with van der Waals surface area (Å²) in [4.78, 5) is 4.05. The van der Waals surface area contributed by atoms with E-state index in [1.54, 1.807) is 43.8 Å². The number of hydrogen-bond donors (Lipinski definition) is 0. The Morgan fingerprint density at radius 2 is 2.18 bits per heavy atom. The lowest BCUT2D eigenvalue weighted by Gasteiger charge is -2.08. The summed E-state index contributed by atoms with van der Waals surface area (Å²) in [5, 5.41) is 9.42. The lowest BCUT2D eigenvalue weighted by Crippen LogP contribution is -1.89. The number of benzene rings is 1. The van der Waals surface area contributed by atoms with E-state index in [1.165, 1.54) is 0 Å². The maximum absolute atomic E-state index is 8.90. The molecule has 3 nitrogen and oxygen atoms in total. The Hall–Kier alpha value is -2.05. The summed E-state index contributed by atoms with van der Waals surface area (Å²) in [5.41, 5.74) is 2.14. The molecule has 0 unspecified atom stereocenters. The van der Waals surface area contributed by atoms with Crippen LogP contribution in [0.1, 0.15) is 5.56 Å². The van der Waals surface area contributed by atoms with E-state index in [0.717, 1.165) is 11.1 Å². The van der Waals surface area contributed by atoms with E-state index < -0.39 is 0 Å². The van der Waals surface area contributed by atoms with Crippen molar-refractivity contribution in [1.29, 1.82) is 5.26 Å². The number of nitriles is 1. The zero-order valence-electron chi connectivity index (χ0n) is 9.14. The van der Waals surface area contributed by atoms with Crippen LogP contribution >= 0.6 is 11.6 Å². The Bertz CT molecular complexity index is 590. The number of nitrogens with zero attached hydrogens (tertiary/aromatic N) is 2. The number of pyridine rings is 1. The number of aromatic nitrogens is 1. The molecule has 0 saturated heterocycles. The van der Waals surface area contributed by atoms with Crippen molar-refractivity contribution in [3.63, 3.8) is 0 Å².